The molecule has 0 aromatic carbocycles. The molecule has 0 aromatic rings. The summed E-state index contributed by atoms with van der Waals surface area (Å²) in [4.78, 5) is 0. The van der Waals surface area contributed by atoms with Crippen LogP contribution >= 0.6 is 0 Å². The van der Waals surface area contributed by atoms with Crippen LogP contribution in [-0.2, 0) is 4.74 Å². The van der Waals surface area contributed by atoms with Crippen LogP contribution in [0.25, 0.3) is 0 Å². The minimum absolute atomic E-state index is 0.498. The summed E-state index contributed by atoms with van der Waals surface area (Å²) in [6, 6.07) is 0. The van der Waals surface area contributed by atoms with Crippen molar-refractivity contribution in [1.82, 2.24) is 10.6 Å². The van der Waals surface area contributed by atoms with Gasteiger partial charge in [-0.25, -0.2) is 0 Å². The van der Waals surface area contributed by atoms with E-state index in [4.69, 9.17) is 4.74 Å². The van der Waals surface area contributed by atoms with Crippen LogP contribution in [0.3, 0.4) is 0 Å². The third-order valence-electron chi connectivity index (χ3n) is 3.37. The highest BCUT2D eigenvalue weighted by Gasteiger charge is 2.26. The summed E-state index contributed by atoms with van der Waals surface area (Å²) < 4.78 is 5.40. The van der Waals surface area contributed by atoms with Crippen molar-refractivity contribution < 1.29 is 4.74 Å². The minimum Gasteiger partial charge on any atom is -0.381 e. The van der Waals surface area contributed by atoms with Gasteiger partial charge in [-0.3, -0.25) is 0 Å². The number of hydrogen-bond acceptors (Lipinski definition) is 3. The van der Waals surface area contributed by atoms with E-state index in [2.05, 4.69) is 24.5 Å². The van der Waals surface area contributed by atoms with Gasteiger partial charge in [0.05, 0.1) is 12.3 Å². The molecule has 15 heavy (non-hydrogen) atoms. The predicted octanol–water partition coefficient (Wildman–Crippen LogP) is 1.74. The molecule has 1 aliphatic carbocycles. The minimum atomic E-state index is 0.498. The van der Waals surface area contributed by atoms with E-state index < -0.39 is 0 Å². The largest absolute Gasteiger partial charge is 0.381 e. The zero-order chi connectivity index (χ0) is 11.1. The van der Waals surface area contributed by atoms with Crippen molar-refractivity contribution in [2.45, 2.75) is 51.8 Å². The first-order valence-corrected chi connectivity index (χ1v) is 6.31. The van der Waals surface area contributed by atoms with Gasteiger partial charge in [0.2, 0.25) is 0 Å². The number of nitrogens with one attached hydrogen (secondary N) is 2. The molecule has 1 rings (SSSR count). The fraction of sp³-hybridized carbons (Fsp3) is 1.00. The zero-order valence-corrected chi connectivity index (χ0v) is 10.4. The SMILES string of the molecule is CCNC(NCC)C1CCC(OC)CC1. The molecule has 3 nitrogen and oxygen atoms in total. The molecule has 0 unspecified atom stereocenters. The van der Waals surface area contributed by atoms with E-state index in [-0.39, 0.29) is 0 Å². The van der Waals surface area contributed by atoms with Gasteiger partial charge >= 0.3 is 0 Å². The molecule has 1 aliphatic rings. The van der Waals surface area contributed by atoms with Crippen molar-refractivity contribution in [1.29, 1.82) is 0 Å². The van der Waals surface area contributed by atoms with Crippen molar-refractivity contribution in [3.8, 4) is 0 Å². The lowest BCUT2D eigenvalue weighted by Crippen LogP contribution is -2.48. The molecule has 90 valence electrons. The van der Waals surface area contributed by atoms with Crippen molar-refractivity contribution in [2.75, 3.05) is 20.2 Å². The van der Waals surface area contributed by atoms with Crippen molar-refractivity contribution in [3.05, 3.63) is 0 Å². The fourth-order valence-corrected chi connectivity index (χ4v) is 2.50. The van der Waals surface area contributed by atoms with Gasteiger partial charge in [-0.15, -0.1) is 0 Å². The quantitative estimate of drug-likeness (QED) is 0.661. The van der Waals surface area contributed by atoms with Crippen LogP contribution in [-0.4, -0.2) is 32.5 Å². The van der Waals surface area contributed by atoms with Crippen LogP contribution in [0.15, 0.2) is 0 Å². The van der Waals surface area contributed by atoms with E-state index >= 15 is 0 Å². The van der Waals surface area contributed by atoms with Gasteiger partial charge in [0, 0.05) is 7.11 Å². The topological polar surface area (TPSA) is 33.3 Å². The summed E-state index contributed by atoms with van der Waals surface area (Å²) in [7, 11) is 1.83. The molecule has 0 amide bonds. The molecule has 0 atom stereocenters. The lowest BCUT2D eigenvalue weighted by atomic mass is 9.85. The van der Waals surface area contributed by atoms with Gasteiger partial charge in [-0.05, 0) is 44.7 Å². The lowest BCUT2D eigenvalue weighted by Gasteiger charge is -2.34. The van der Waals surface area contributed by atoms with E-state index in [1.54, 1.807) is 0 Å². The third-order valence-corrected chi connectivity index (χ3v) is 3.37. The number of hydrogen-bond donors (Lipinski definition) is 2. The Morgan fingerprint density at radius 1 is 1.07 bits per heavy atom. The third kappa shape index (κ3) is 4.09. The van der Waals surface area contributed by atoms with E-state index in [1.165, 1.54) is 25.7 Å². The smallest absolute Gasteiger partial charge is 0.0600 e. The first kappa shape index (κ1) is 12.9. The van der Waals surface area contributed by atoms with E-state index in [0.29, 0.717) is 12.3 Å². The molecule has 0 radical (unpaired) electrons. The Labute approximate surface area is 94.0 Å². The molecule has 0 saturated heterocycles. The van der Waals surface area contributed by atoms with Crippen LogP contribution in [0.4, 0.5) is 0 Å². The lowest BCUT2D eigenvalue weighted by molar-refractivity contribution is 0.0479. The molecule has 0 bridgehead atoms. The second-order valence-corrected chi connectivity index (χ2v) is 4.37. The van der Waals surface area contributed by atoms with Crippen LogP contribution in [0.2, 0.25) is 0 Å². The Bertz CT molecular complexity index is 150. The van der Waals surface area contributed by atoms with E-state index in [0.717, 1.165) is 19.0 Å². The first-order valence-electron chi connectivity index (χ1n) is 6.31. The van der Waals surface area contributed by atoms with E-state index in [9.17, 15) is 0 Å². The average molecular weight is 214 g/mol. The van der Waals surface area contributed by atoms with Gasteiger partial charge in [0.1, 0.15) is 0 Å². The number of ether oxygens (including phenoxy) is 1. The summed E-state index contributed by atoms with van der Waals surface area (Å²) in [5.41, 5.74) is 0. The maximum absolute atomic E-state index is 5.40. The van der Waals surface area contributed by atoms with Crippen LogP contribution in [0.5, 0.6) is 0 Å². The standard InChI is InChI=1S/C12H26N2O/c1-4-13-12(14-5-2)10-6-8-11(15-3)9-7-10/h10-14H,4-9H2,1-3H3. The predicted molar refractivity (Wildman–Crippen MR) is 63.9 cm³/mol. The van der Waals surface area contributed by atoms with Crippen molar-refractivity contribution in [2.24, 2.45) is 5.92 Å². The van der Waals surface area contributed by atoms with Gasteiger partial charge < -0.3 is 15.4 Å². The Kier molecular flexibility index (Phi) is 6.22. The van der Waals surface area contributed by atoms with Crippen LogP contribution < -0.4 is 10.6 Å². The Balaban J connectivity index is 2.34. The van der Waals surface area contributed by atoms with Gasteiger partial charge in [-0.2, -0.15) is 0 Å². The van der Waals surface area contributed by atoms with Crippen molar-refractivity contribution in [3.63, 3.8) is 0 Å². The highest BCUT2D eigenvalue weighted by Crippen LogP contribution is 2.27. The van der Waals surface area contributed by atoms with Gasteiger partial charge in [-0.1, -0.05) is 13.8 Å². The maximum Gasteiger partial charge on any atom is 0.0600 e. The molecule has 1 fully saturated rings. The molecular formula is C12H26N2O. The fourth-order valence-electron chi connectivity index (χ4n) is 2.50. The maximum atomic E-state index is 5.40. The second kappa shape index (κ2) is 7.20. The van der Waals surface area contributed by atoms with Crippen molar-refractivity contribution >= 4 is 0 Å². The summed E-state index contributed by atoms with van der Waals surface area (Å²) in [6.45, 7) is 6.43. The second-order valence-electron chi connectivity index (χ2n) is 4.37. The Morgan fingerprint density at radius 2 is 1.60 bits per heavy atom. The van der Waals surface area contributed by atoms with Gasteiger partial charge in [0.25, 0.3) is 0 Å². The monoisotopic (exact) mass is 214 g/mol. The molecule has 0 spiro atoms. The zero-order valence-electron chi connectivity index (χ0n) is 10.4. The summed E-state index contributed by atoms with van der Waals surface area (Å²) >= 11 is 0. The van der Waals surface area contributed by atoms with Crippen LogP contribution in [0, 0.1) is 5.92 Å². The number of rotatable bonds is 6. The molecule has 3 heteroatoms. The Hall–Kier alpha value is -0.120. The Morgan fingerprint density at radius 3 is 2.00 bits per heavy atom. The summed E-state index contributed by atoms with van der Waals surface area (Å²) in [5.74, 6) is 0.774. The highest BCUT2D eigenvalue weighted by atomic mass is 16.5. The summed E-state index contributed by atoms with van der Waals surface area (Å²) in [5, 5.41) is 7.07. The van der Waals surface area contributed by atoms with Crippen LogP contribution in [0.1, 0.15) is 39.5 Å². The van der Waals surface area contributed by atoms with Gasteiger partial charge in [0.15, 0.2) is 0 Å². The highest BCUT2D eigenvalue weighted by molar-refractivity contribution is 4.80. The molecule has 0 heterocycles. The van der Waals surface area contributed by atoms with E-state index in [1.807, 2.05) is 7.11 Å². The molecule has 1 saturated carbocycles. The first-order chi connectivity index (χ1) is 7.31. The summed E-state index contributed by atoms with van der Waals surface area (Å²) in [6.07, 6.45) is 6.00. The normalized spacial score (nSPS) is 27.2. The molecule has 2 N–H and O–H groups in total. The molecular weight excluding hydrogens is 188 g/mol. The number of methoxy groups -OCH3 is 1. The average Bonchev–Trinajstić information content (AvgIpc) is 2.29. The molecule has 0 aliphatic heterocycles. The molecule has 0 aromatic heterocycles.